The molecule has 5 heteroatoms. The van der Waals surface area contributed by atoms with E-state index in [1.165, 1.54) is 0 Å². The molecule has 0 radical (unpaired) electrons. The molecular formula is C11H18O5. The molecule has 5 nitrogen and oxygen atoms in total. The molecule has 3 rings (SSSR count). The molecule has 3 heterocycles. The van der Waals surface area contributed by atoms with Gasteiger partial charge in [-0.1, -0.05) is 0 Å². The molecule has 0 saturated carbocycles. The fourth-order valence-corrected chi connectivity index (χ4v) is 2.57. The molecule has 3 fully saturated rings. The Morgan fingerprint density at radius 2 is 1.44 bits per heavy atom. The van der Waals surface area contributed by atoms with Crippen molar-refractivity contribution >= 4 is 0 Å². The van der Waals surface area contributed by atoms with Crippen molar-refractivity contribution < 1.29 is 23.7 Å². The quantitative estimate of drug-likeness (QED) is 0.621. The van der Waals surface area contributed by atoms with Gasteiger partial charge in [0.15, 0.2) is 17.9 Å². The second kappa shape index (κ2) is 3.17. The minimum absolute atomic E-state index is 0.0613. The van der Waals surface area contributed by atoms with Crippen molar-refractivity contribution in [3.8, 4) is 0 Å². The Kier molecular flexibility index (Phi) is 2.17. The number of ether oxygens (including phenoxy) is 5. The summed E-state index contributed by atoms with van der Waals surface area (Å²) < 4.78 is 28.6. The van der Waals surface area contributed by atoms with Crippen molar-refractivity contribution in [1.82, 2.24) is 0 Å². The van der Waals surface area contributed by atoms with Crippen LogP contribution in [0.5, 0.6) is 0 Å². The van der Waals surface area contributed by atoms with Gasteiger partial charge in [-0.25, -0.2) is 0 Å². The lowest BCUT2D eigenvalue weighted by Crippen LogP contribution is -2.50. The third-order valence-corrected chi connectivity index (χ3v) is 3.06. The zero-order chi connectivity index (χ0) is 11.6. The molecule has 0 amide bonds. The van der Waals surface area contributed by atoms with Gasteiger partial charge in [0.1, 0.15) is 18.3 Å². The Bertz CT molecular complexity index is 271. The normalized spacial score (nSPS) is 48.8. The van der Waals surface area contributed by atoms with E-state index in [2.05, 4.69) is 0 Å². The SMILES string of the molecule is CC1(C)O[C@@H]2OC[C@@H]3OC(C)(C)O[C@@H]3[C@H]2O1. The maximum absolute atomic E-state index is 5.85. The molecule has 0 unspecified atom stereocenters. The topological polar surface area (TPSA) is 46.2 Å². The molecule has 3 aliphatic heterocycles. The van der Waals surface area contributed by atoms with Gasteiger partial charge in [-0.15, -0.1) is 0 Å². The average molecular weight is 230 g/mol. The molecule has 0 spiro atoms. The summed E-state index contributed by atoms with van der Waals surface area (Å²) in [6.45, 7) is 8.06. The standard InChI is InChI=1S/C11H18O5/c1-10(2)13-6-5-12-9-8(7(6)14-10)15-11(3,4)16-9/h6-9H,5H2,1-4H3/t6-,7-,8+,9-/m0/s1. The third-order valence-electron chi connectivity index (χ3n) is 3.06. The van der Waals surface area contributed by atoms with Crippen molar-refractivity contribution in [2.45, 2.75) is 63.9 Å². The van der Waals surface area contributed by atoms with Gasteiger partial charge in [0.05, 0.1) is 6.61 Å². The van der Waals surface area contributed by atoms with Gasteiger partial charge in [-0.05, 0) is 27.7 Å². The minimum atomic E-state index is -0.611. The maximum atomic E-state index is 5.85. The van der Waals surface area contributed by atoms with E-state index in [9.17, 15) is 0 Å². The van der Waals surface area contributed by atoms with E-state index in [1.807, 2.05) is 27.7 Å². The first-order chi connectivity index (χ1) is 7.36. The number of hydrogen-bond acceptors (Lipinski definition) is 5. The summed E-state index contributed by atoms with van der Waals surface area (Å²) >= 11 is 0. The van der Waals surface area contributed by atoms with Crippen LogP contribution in [0.1, 0.15) is 27.7 Å². The average Bonchev–Trinajstić information content (AvgIpc) is 2.58. The molecule has 0 aromatic heterocycles. The molecule has 16 heavy (non-hydrogen) atoms. The summed E-state index contributed by atoms with van der Waals surface area (Å²) in [6, 6.07) is 0. The highest BCUT2D eigenvalue weighted by Gasteiger charge is 2.57. The van der Waals surface area contributed by atoms with Crippen molar-refractivity contribution in [3.05, 3.63) is 0 Å². The summed E-state index contributed by atoms with van der Waals surface area (Å²) in [4.78, 5) is 0. The first-order valence-corrected chi connectivity index (χ1v) is 5.69. The van der Waals surface area contributed by atoms with Gasteiger partial charge in [0.2, 0.25) is 0 Å². The van der Waals surface area contributed by atoms with Crippen LogP contribution in [0.4, 0.5) is 0 Å². The van der Waals surface area contributed by atoms with E-state index in [1.54, 1.807) is 0 Å². The molecule has 3 saturated heterocycles. The van der Waals surface area contributed by atoms with Crippen molar-refractivity contribution in [1.29, 1.82) is 0 Å². The third kappa shape index (κ3) is 1.67. The van der Waals surface area contributed by atoms with Gasteiger partial charge in [0.25, 0.3) is 0 Å². The molecule has 0 bridgehead atoms. The molecule has 4 atom stereocenters. The summed E-state index contributed by atoms with van der Waals surface area (Å²) in [5.41, 5.74) is 0. The van der Waals surface area contributed by atoms with E-state index in [0.717, 1.165) is 0 Å². The Balaban J connectivity index is 1.81. The first kappa shape index (κ1) is 10.9. The summed E-state index contributed by atoms with van der Waals surface area (Å²) in [6.07, 6.45) is -0.700. The molecule has 0 N–H and O–H groups in total. The molecular weight excluding hydrogens is 212 g/mol. The van der Waals surface area contributed by atoms with E-state index < -0.39 is 11.6 Å². The monoisotopic (exact) mass is 230 g/mol. The number of rotatable bonds is 0. The highest BCUT2D eigenvalue weighted by molar-refractivity contribution is 4.95. The van der Waals surface area contributed by atoms with E-state index in [-0.39, 0.29) is 24.6 Å². The van der Waals surface area contributed by atoms with Crippen LogP contribution >= 0.6 is 0 Å². The highest BCUT2D eigenvalue weighted by Crippen LogP contribution is 2.41. The first-order valence-electron chi connectivity index (χ1n) is 5.69. The van der Waals surface area contributed by atoms with E-state index >= 15 is 0 Å². The largest absolute Gasteiger partial charge is 0.347 e. The van der Waals surface area contributed by atoms with Crippen LogP contribution in [0.15, 0.2) is 0 Å². The van der Waals surface area contributed by atoms with Gasteiger partial charge in [-0.2, -0.15) is 0 Å². The zero-order valence-electron chi connectivity index (χ0n) is 10.1. The van der Waals surface area contributed by atoms with Crippen molar-refractivity contribution in [2.24, 2.45) is 0 Å². The van der Waals surface area contributed by atoms with Crippen LogP contribution in [0.25, 0.3) is 0 Å². The molecule has 3 aliphatic rings. The lowest BCUT2D eigenvalue weighted by molar-refractivity contribution is -0.205. The van der Waals surface area contributed by atoms with Crippen LogP contribution < -0.4 is 0 Å². The lowest BCUT2D eigenvalue weighted by Gasteiger charge is -2.30. The van der Waals surface area contributed by atoms with Crippen LogP contribution in [0, 0.1) is 0 Å². The number of fused-ring (bicyclic) bond motifs is 3. The lowest BCUT2D eigenvalue weighted by atomic mass is 10.1. The Morgan fingerprint density at radius 3 is 2.19 bits per heavy atom. The second-order valence-corrected chi connectivity index (χ2v) is 5.44. The van der Waals surface area contributed by atoms with Crippen molar-refractivity contribution in [2.75, 3.05) is 6.61 Å². The van der Waals surface area contributed by atoms with E-state index in [0.29, 0.717) is 6.61 Å². The van der Waals surface area contributed by atoms with Gasteiger partial charge >= 0.3 is 0 Å². The fraction of sp³-hybridized carbons (Fsp3) is 1.00. The summed E-state index contributed by atoms with van der Waals surface area (Å²) in [5, 5.41) is 0. The second-order valence-electron chi connectivity index (χ2n) is 5.44. The van der Waals surface area contributed by atoms with Crippen molar-refractivity contribution in [3.63, 3.8) is 0 Å². The van der Waals surface area contributed by atoms with Gasteiger partial charge < -0.3 is 23.7 Å². The molecule has 0 aromatic rings. The van der Waals surface area contributed by atoms with Crippen LogP contribution in [0.3, 0.4) is 0 Å². The Hall–Kier alpha value is -0.200. The maximum Gasteiger partial charge on any atom is 0.189 e. The smallest absolute Gasteiger partial charge is 0.189 e. The molecule has 92 valence electrons. The van der Waals surface area contributed by atoms with Crippen LogP contribution in [-0.2, 0) is 23.7 Å². The summed E-state index contributed by atoms with van der Waals surface area (Å²) in [7, 11) is 0. The molecule has 0 aromatic carbocycles. The minimum Gasteiger partial charge on any atom is -0.347 e. The van der Waals surface area contributed by atoms with Gasteiger partial charge in [-0.3, -0.25) is 0 Å². The zero-order valence-corrected chi connectivity index (χ0v) is 10.1. The predicted molar refractivity (Wildman–Crippen MR) is 53.6 cm³/mol. The van der Waals surface area contributed by atoms with Crippen LogP contribution in [0.2, 0.25) is 0 Å². The van der Waals surface area contributed by atoms with Crippen LogP contribution in [-0.4, -0.2) is 42.8 Å². The fourth-order valence-electron chi connectivity index (χ4n) is 2.57. The van der Waals surface area contributed by atoms with E-state index in [4.69, 9.17) is 23.7 Å². The Morgan fingerprint density at radius 1 is 0.812 bits per heavy atom. The summed E-state index contributed by atoms with van der Waals surface area (Å²) in [5.74, 6) is -1.18. The predicted octanol–water partition coefficient (Wildman–Crippen LogP) is 1.01. The van der Waals surface area contributed by atoms with Gasteiger partial charge in [0, 0.05) is 0 Å². The Labute approximate surface area is 94.9 Å². The number of hydrogen-bond donors (Lipinski definition) is 0. The molecule has 0 aliphatic carbocycles. The highest BCUT2D eigenvalue weighted by atomic mass is 16.8.